The zero-order chi connectivity index (χ0) is 16.7. The van der Waals surface area contributed by atoms with E-state index in [4.69, 9.17) is 9.47 Å². The normalized spacial score (nSPS) is 12.9. The van der Waals surface area contributed by atoms with Crippen LogP contribution in [0.3, 0.4) is 0 Å². The molecule has 1 N–H and O–H groups in total. The molecule has 23 heavy (non-hydrogen) atoms. The first-order valence-corrected chi connectivity index (χ1v) is 11.7. The highest BCUT2D eigenvalue weighted by Crippen LogP contribution is 2.20. The number of aliphatic hydroxyl groups is 1. The molecule has 4 heteroatoms. The van der Waals surface area contributed by atoms with Crippen LogP contribution in [-0.2, 0) is 11.3 Å². The topological polar surface area (TPSA) is 38.7 Å². The summed E-state index contributed by atoms with van der Waals surface area (Å²) in [5.74, 6) is 0.784. The molecule has 1 atom stereocenters. The van der Waals surface area contributed by atoms with Crippen molar-refractivity contribution in [2.45, 2.75) is 38.6 Å². The Morgan fingerprint density at radius 1 is 0.957 bits per heavy atom. The van der Waals surface area contributed by atoms with Gasteiger partial charge in [0.1, 0.15) is 12.4 Å². The van der Waals surface area contributed by atoms with Gasteiger partial charge in [0.25, 0.3) is 0 Å². The Kier molecular flexibility index (Phi) is 6.39. The van der Waals surface area contributed by atoms with Crippen LogP contribution in [0, 0.1) is 0 Å². The van der Waals surface area contributed by atoms with E-state index in [0.29, 0.717) is 13.2 Å². The van der Waals surface area contributed by atoms with Gasteiger partial charge in [-0.1, -0.05) is 62.1 Å². The van der Waals surface area contributed by atoms with Gasteiger partial charge in [-0.3, -0.25) is 0 Å². The summed E-state index contributed by atoms with van der Waals surface area (Å²) in [5.41, 5.74) is 1.89. The van der Waals surface area contributed by atoms with E-state index >= 15 is 0 Å². The maximum Gasteiger partial charge on any atom is 0.181 e. The third kappa shape index (κ3) is 6.56. The number of hydrogen-bond donors (Lipinski definition) is 1. The standard InChI is InChI=1S/C19H26O3Si/c1-23(2,3)14-13-21-19(20)17-9-11-18(12-10-17)22-15-16-7-5-4-6-8-16/h4-12,19-20H,13-15H2,1-3H3. The molecule has 0 amide bonds. The fourth-order valence-corrected chi connectivity index (χ4v) is 2.77. The molecule has 2 aromatic carbocycles. The molecule has 0 aliphatic heterocycles. The molecule has 0 fully saturated rings. The Bertz CT molecular complexity index is 576. The molecule has 0 heterocycles. The van der Waals surface area contributed by atoms with E-state index in [-0.39, 0.29) is 0 Å². The van der Waals surface area contributed by atoms with Crippen molar-refractivity contribution in [3.8, 4) is 5.75 Å². The second kappa shape index (κ2) is 8.29. The van der Waals surface area contributed by atoms with E-state index in [1.807, 2.05) is 54.6 Å². The van der Waals surface area contributed by atoms with Gasteiger partial charge >= 0.3 is 0 Å². The van der Waals surface area contributed by atoms with Crippen molar-refractivity contribution >= 4 is 8.07 Å². The summed E-state index contributed by atoms with van der Waals surface area (Å²) in [7, 11) is -1.13. The van der Waals surface area contributed by atoms with Crippen LogP contribution < -0.4 is 4.74 Å². The van der Waals surface area contributed by atoms with Gasteiger partial charge in [0.2, 0.25) is 0 Å². The summed E-state index contributed by atoms with van der Waals surface area (Å²) in [6.07, 6.45) is -0.866. The second-order valence-electron chi connectivity index (χ2n) is 6.88. The van der Waals surface area contributed by atoms with Gasteiger partial charge in [0, 0.05) is 20.2 Å². The van der Waals surface area contributed by atoms with Crippen molar-refractivity contribution in [1.29, 1.82) is 0 Å². The van der Waals surface area contributed by atoms with E-state index in [2.05, 4.69) is 19.6 Å². The molecule has 2 rings (SSSR count). The first kappa shape index (κ1) is 17.7. The quantitative estimate of drug-likeness (QED) is 0.567. The van der Waals surface area contributed by atoms with Crippen molar-refractivity contribution in [2.75, 3.05) is 6.61 Å². The Labute approximate surface area is 139 Å². The molecular weight excluding hydrogens is 304 g/mol. The molecule has 1 unspecified atom stereocenters. The third-order valence-corrected chi connectivity index (χ3v) is 5.25. The average Bonchev–Trinajstić information content (AvgIpc) is 2.53. The van der Waals surface area contributed by atoms with Crippen LogP contribution in [0.25, 0.3) is 0 Å². The summed E-state index contributed by atoms with van der Waals surface area (Å²) in [6.45, 7) is 8.02. The maximum absolute atomic E-state index is 10.1. The van der Waals surface area contributed by atoms with Crippen molar-refractivity contribution in [3.05, 3.63) is 65.7 Å². The minimum atomic E-state index is -1.13. The number of ether oxygens (including phenoxy) is 2. The molecule has 0 saturated carbocycles. The van der Waals surface area contributed by atoms with Gasteiger partial charge in [-0.2, -0.15) is 0 Å². The monoisotopic (exact) mass is 330 g/mol. The number of rotatable bonds is 8. The summed E-state index contributed by atoms with van der Waals surface area (Å²) < 4.78 is 11.3. The van der Waals surface area contributed by atoms with Gasteiger partial charge in [-0.05, 0) is 23.7 Å². The molecule has 3 nitrogen and oxygen atoms in total. The van der Waals surface area contributed by atoms with Crippen LogP contribution in [-0.4, -0.2) is 19.8 Å². The number of aliphatic hydroxyl groups excluding tert-OH is 1. The Balaban J connectivity index is 1.81. The van der Waals surface area contributed by atoms with Crippen LogP contribution in [0.1, 0.15) is 17.4 Å². The van der Waals surface area contributed by atoms with E-state index in [1.165, 1.54) is 0 Å². The van der Waals surface area contributed by atoms with Crippen molar-refractivity contribution in [1.82, 2.24) is 0 Å². The van der Waals surface area contributed by atoms with E-state index in [1.54, 1.807) is 0 Å². The fraction of sp³-hybridized carbons (Fsp3) is 0.368. The van der Waals surface area contributed by atoms with Crippen molar-refractivity contribution < 1.29 is 14.6 Å². The van der Waals surface area contributed by atoms with Gasteiger partial charge in [-0.25, -0.2) is 0 Å². The highest BCUT2D eigenvalue weighted by atomic mass is 28.3. The molecule has 2 aromatic rings. The largest absolute Gasteiger partial charge is 0.489 e. The van der Waals surface area contributed by atoms with Crippen molar-refractivity contribution in [3.63, 3.8) is 0 Å². The first-order valence-electron chi connectivity index (χ1n) is 8.00. The van der Waals surface area contributed by atoms with Crippen LogP contribution in [0.4, 0.5) is 0 Å². The molecule has 0 bridgehead atoms. The van der Waals surface area contributed by atoms with Crippen LogP contribution in [0.15, 0.2) is 54.6 Å². The lowest BCUT2D eigenvalue weighted by Gasteiger charge is -2.18. The van der Waals surface area contributed by atoms with E-state index in [9.17, 15) is 5.11 Å². The van der Waals surface area contributed by atoms with Crippen LogP contribution >= 0.6 is 0 Å². The molecule has 0 saturated heterocycles. The summed E-state index contributed by atoms with van der Waals surface area (Å²) >= 11 is 0. The summed E-state index contributed by atoms with van der Waals surface area (Å²) in [4.78, 5) is 0. The Morgan fingerprint density at radius 3 is 2.22 bits per heavy atom. The molecule has 0 aliphatic carbocycles. The Hall–Kier alpha value is -1.62. The Morgan fingerprint density at radius 2 is 1.61 bits per heavy atom. The van der Waals surface area contributed by atoms with Gasteiger partial charge in [0.15, 0.2) is 6.29 Å². The van der Waals surface area contributed by atoms with Crippen molar-refractivity contribution in [2.24, 2.45) is 0 Å². The molecular formula is C19H26O3Si. The predicted molar refractivity (Wildman–Crippen MR) is 96.3 cm³/mol. The van der Waals surface area contributed by atoms with Gasteiger partial charge in [0.05, 0.1) is 0 Å². The highest BCUT2D eigenvalue weighted by molar-refractivity contribution is 6.76. The number of benzene rings is 2. The zero-order valence-corrected chi connectivity index (χ0v) is 15.2. The molecule has 0 spiro atoms. The third-order valence-electron chi connectivity index (χ3n) is 3.54. The lowest BCUT2D eigenvalue weighted by molar-refractivity contribution is -0.0981. The summed E-state index contributed by atoms with van der Waals surface area (Å²) in [6, 6.07) is 18.5. The first-order chi connectivity index (χ1) is 10.9. The SMILES string of the molecule is C[Si](C)(C)CCOC(O)c1ccc(OCc2ccccc2)cc1. The molecule has 0 radical (unpaired) electrons. The second-order valence-corrected chi connectivity index (χ2v) is 12.5. The molecule has 124 valence electrons. The predicted octanol–water partition coefficient (Wildman–Crippen LogP) is 4.61. The van der Waals surface area contributed by atoms with Gasteiger partial charge < -0.3 is 14.6 Å². The summed E-state index contributed by atoms with van der Waals surface area (Å²) in [5, 5.41) is 10.1. The smallest absolute Gasteiger partial charge is 0.181 e. The van der Waals surface area contributed by atoms with Gasteiger partial charge in [-0.15, -0.1) is 0 Å². The lowest BCUT2D eigenvalue weighted by atomic mass is 10.2. The average molecular weight is 330 g/mol. The minimum absolute atomic E-state index is 0.537. The van der Waals surface area contributed by atoms with E-state index < -0.39 is 14.4 Å². The minimum Gasteiger partial charge on any atom is -0.489 e. The zero-order valence-electron chi connectivity index (χ0n) is 14.2. The maximum atomic E-state index is 10.1. The molecule has 0 aliphatic rings. The number of hydrogen-bond acceptors (Lipinski definition) is 3. The van der Waals surface area contributed by atoms with E-state index in [0.717, 1.165) is 22.9 Å². The molecule has 0 aromatic heterocycles. The van der Waals surface area contributed by atoms with Crippen LogP contribution in [0.5, 0.6) is 5.75 Å². The lowest BCUT2D eigenvalue weighted by Crippen LogP contribution is -2.22. The fourth-order valence-electron chi connectivity index (χ4n) is 2.04. The highest BCUT2D eigenvalue weighted by Gasteiger charge is 2.14. The van der Waals surface area contributed by atoms with Crippen LogP contribution in [0.2, 0.25) is 25.7 Å².